The SMILES string of the molecule is CCC(CC)C(OS(C)(=O)=O)c1ncnn1Cc1ccc(OC(F)(F)F)cc1. The normalized spacial score (nSPS) is 13.7. The highest BCUT2D eigenvalue weighted by atomic mass is 32.2. The van der Waals surface area contributed by atoms with E-state index in [4.69, 9.17) is 4.18 Å². The Labute approximate surface area is 161 Å². The molecule has 0 N–H and O–H groups in total. The van der Waals surface area contributed by atoms with Crippen molar-refractivity contribution in [2.45, 2.75) is 45.7 Å². The first-order valence-electron chi connectivity index (χ1n) is 8.63. The molecular weight excluding hydrogens is 399 g/mol. The molecule has 0 fully saturated rings. The molecule has 0 spiro atoms. The Morgan fingerprint density at radius 1 is 1.14 bits per heavy atom. The Bertz CT molecular complexity index is 863. The molecule has 1 aromatic heterocycles. The van der Waals surface area contributed by atoms with Crippen molar-refractivity contribution in [2.24, 2.45) is 5.92 Å². The first kappa shape index (κ1) is 22.2. The number of rotatable bonds is 9. The summed E-state index contributed by atoms with van der Waals surface area (Å²) in [6.07, 6.45) is -1.95. The van der Waals surface area contributed by atoms with E-state index < -0.39 is 22.6 Å². The van der Waals surface area contributed by atoms with Crippen LogP contribution >= 0.6 is 0 Å². The molecule has 0 saturated heterocycles. The lowest BCUT2D eigenvalue weighted by Crippen LogP contribution is -2.23. The van der Waals surface area contributed by atoms with Gasteiger partial charge in [-0.15, -0.1) is 13.2 Å². The second-order valence-electron chi connectivity index (χ2n) is 6.27. The Morgan fingerprint density at radius 3 is 2.25 bits per heavy atom. The van der Waals surface area contributed by atoms with Crippen LogP contribution in [0.25, 0.3) is 0 Å². The minimum absolute atomic E-state index is 0.0970. The van der Waals surface area contributed by atoms with E-state index in [2.05, 4.69) is 14.8 Å². The molecule has 7 nitrogen and oxygen atoms in total. The summed E-state index contributed by atoms with van der Waals surface area (Å²) >= 11 is 0. The van der Waals surface area contributed by atoms with Crippen molar-refractivity contribution in [3.05, 3.63) is 42.0 Å². The van der Waals surface area contributed by atoms with E-state index in [1.54, 1.807) is 0 Å². The van der Waals surface area contributed by atoms with E-state index in [9.17, 15) is 21.6 Å². The zero-order valence-corrected chi connectivity index (χ0v) is 16.5. The van der Waals surface area contributed by atoms with Gasteiger partial charge in [-0.1, -0.05) is 38.8 Å². The molecule has 0 aliphatic heterocycles. The average molecular weight is 421 g/mol. The van der Waals surface area contributed by atoms with Crippen LogP contribution in [0.4, 0.5) is 13.2 Å². The average Bonchev–Trinajstić information content (AvgIpc) is 3.02. The minimum Gasteiger partial charge on any atom is -0.406 e. The number of benzene rings is 1. The molecule has 0 amide bonds. The van der Waals surface area contributed by atoms with Gasteiger partial charge in [-0.25, -0.2) is 9.67 Å². The lowest BCUT2D eigenvalue weighted by atomic mass is 9.96. The van der Waals surface area contributed by atoms with Crippen molar-refractivity contribution in [1.29, 1.82) is 0 Å². The monoisotopic (exact) mass is 421 g/mol. The van der Waals surface area contributed by atoms with E-state index >= 15 is 0 Å². The highest BCUT2D eigenvalue weighted by Gasteiger charge is 2.31. The van der Waals surface area contributed by atoms with Gasteiger partial charge in [0, 0.05) is 0 Å². The van der Waals surface area contributed by atoms with Crippen LogP contribution in [-0.2, 0) is 20.8 Å². The molecule has 1 atom stereocenters. The zero-order chi connectivity index (χ0) is 20.9. The summed E-state index contributed by atoms with van der Waals surface area (Å²) in [5.74, 6) is -0.0830. The summed E-state index contributed by atoms with van der Waals surface area (Å²) in [6.45, 7) is 4.03. The molecule has 0 saturated carbocycles. The van der Waals surface area contributed by atoms with Gasteiger partial charge in [-0.2, -0.15) is 13.5 Å². The standard InChI is InChI=1S/C17H22F3N3O4S/c1-4-13(5-2)15(27-28(3,24)25)16-21-11-22-23(16)10-12-6-8-14(9-7-12)26-17(18,19)20/h6-9,11,13,15H,4-5,10H2,1-3H3. The Balaban J connectivity index is 2.25. The van der Waals surface area contributed by atoms with Crippen LogP contribution in [0.5, 0.6) is 5.75 Å². The highest BCUT2D eigenvalue weighted by Crippen LogP contribution is 2.31. The van der Waals surface area contributed by atoms with Gasteiger partial charge in [0.25, 0.3) is 10.1 Å². The van der Waals surface area contributed by atoms with E-state index in [-0.39, 0.29) is 18.2 Å². The molecule has 1 unspecified atom stereocenters. The van der Waals surface area contributed by atoms with Gasteiger partial charge in [0.2, 0.25) is 0 Å². The molecule has 0 aliphatic rings. The smallest absolute Gasteiger partial charge is 0.406 e. The van der Waals surface area contributed by atoms with Gasteiger partial charge in [-0.05, 0) is 23.6 Å². The number of halogens is 3. The second kappa shape index (κ2) is 8.91. The summed E-state index contributed by atoms with van der Waals surface area (Å²) in [6, 6.07) is 5.34. The first-order valence-corrected chi connectivity index (χ1v) is 10.4. The van der Waals surface area contributed by atoms with Gasteiger partial charge >= 0.3 is 6.36 Å². The van der Waals surface area contributed by atoms with Crippen molar-refractivity contribution in [2.75, 3.05) is 6.26 Å². The van der Waals surface area contributed by atoms with Crippen molar-refractivity contribution in [3.8, 4) is 5.75 Å². The molecule has 0 bridgehead atoms. The van der Waals surface area contributed by atoms with Crippen LogP contribution in [-0.4, -0.2) is 35.8 Å². The largest absolute Gasteiger partial charge is 0.573 e. The molecular formula is C17H22F3N3O4S. The van der Waals surface area contributed by atoms with Gasteiger partial charge in [0.15, 0.2) is 5.82 Å². The fourth-order valence-electron chi connectivity index (χ4n) is 2.82. The third-order valence-corrected chi connectivity index (χ3v) is 4.70. The molecule has 1 heterocycles. The number of alkyl halides is 3. The van der Waals surface area contributed by atoms with Gasteiger partial charge in [-0.3, -0.25) is 4.18 Å². The van der Waals surface area contributed by atoms with Gasteiger partial charge < -0.3 is 4.74 Å². The number of ether oxygens (including phenoxy) is 1. The number of hydrogen-bond donors (Lipinski definition) is 0. The van der Waals surface area contributed by atoms with Crippen LogP contribution in [0, 0.1) is 5.92 Å². The molecule has 2 rings (SSSR count). The zero-order valence-electron chi connectivity index (χ0n) is 15.7. The lowest BCUT2D eigenvalue weighted by molar-refractivity contribution is -0.274. The van der Waals surface area contributed by atoms with Crippen LogP contribution in [0.2, 0.25) is 0 Å². The number of hydrogen-bond acceptors (Lipinski definition) is 6. The van der Waals surface area contributed by atoms with Crippen LogP contribution < -0.4 is 4.74 Å². The van der Waals surface area contributed by atoms with Gasteiger partial charge in [0.05, 0.1) is 12.8 Å². The van der Waals surface area contributed by atoms with Crippen LogP contribution in [0.15, 0.2) is 30.6 Å². The molecule has 11 heteroatoms. The fourth-order valence-corrected chi connectivity index (χ4v) is 3.44. The first-order chi connectivity index (χ1) is 13.0. The molecule has 1 aromatic carbocycles. The second-order valence-corrected chi connectivity index (χ2v) is 7.87. The number of nitrogens with zero attached hydrogens (tertiary/aromatic N) is 3. The Kier molecular flexibility index (Phi) is 7.05. The van der Waals surface area contributed by atoms with E-state index in [1.807, 2.05) is 13.8 Å². The summed E-state index contributed by atoms with van der Waals surface area (Å²) in [7, 11) is -3.73. The third kappa shape index (κ3) is 6.48. The Morgan fingerprint density at radius 2 is 1.75 bits per heavy atom. The summed E-state index contributed by atoms with van der Waals surface area (Å²) in [5, 5.41) is 4.11. The van der Waals surface area contributed by atoms with E-state index in [0.29, 0.717) is 24.2 Å². The fraction of sp³-hybridized carbons (Fsp3) is 0.529. The lowest BCUT2D eigenvalue weighted by Gasteiger charge is -2.24. The van der Waals surface area contributed by atoms with Crippen molar-refractivity contribution in [3.63, 3.8) is 0 Å². The van der Waals surface area contributed by atoms with Crippen molar-refractivity contribution in [1.82, 2.24) is 14.8 Å². The summed E-state index contributed by atoms with van der Waals surface area (Å²) in [5.41, 5.74) is 0.643. The molecule has 0 aliphatic carbocycles. The summed E-state index contributed by atoms with van der Waals surface area (Å²) in [4.78, 5) is 4.17. The maximum absolute atomic E-state index is 12.3. The maximum Gasteiger partial charge on any atom is 0.573 e. The predicted molar refractivity (Wildman–Crippen MR) is 95.0 cm³/mol. The summed E-state index contributed by atoms with van der Waals surface area (Å²) < 4.78 is 70.8. The minimum atomic E-state index is -4.76. The maximum atomic E-state index is 12.3. The van der Waals surface area contributed by atoms with Gasteiger partial charge in [0.1, 0.15) is 18.2 Å². The van der Waals surface area contributed by atoms with Crippen LogP contribution in [0.3, 0.4) is 0 Å². The van der Waals surface area contributed by atoms with Crippen LogP contribution in [0.1, 0.15) is 44.2 Å². The van der Waals surface area contributed by atoms with E-state index in [1.165, 1.54) is 35.3 Å². The Hall–Kier alpha value is -2.14. The molecule has 0 radical (unpaired) electrons. The third-order valence-electron chi connectivity index (χ3n) is 4.14. The highest BCUT2D eigenvalue weighted by molar-refractivity contribution is 7.86. The predicted octanol–water partition coefficient (Wildman–Crippen LogP) is 3.68. The van der Waals surface area contributed by atoms with E-state index in [0.717, 1.165) is 6.26 Å². The topological polar surface area (TPSA) is 83.3 Å². The van der Waals surface area contributed by atoms with Crippen molar-refractivity contribution >= 4 is 10.1 Å². The molecule has 156 valence electrons. The quantitative estimate of drug-likeness (QED) is 0.575. The molecule has 28 heavy (non-hydrogen) atoms. The molecule has 2 aromatic rings. The number of aromatic nitrogens is 3. The van der Waals surface area contributed by atoms with Crippen molar-refractivity contribution < 1.29 is 30.5 Å².